The Morgan fingerprint density at radius 2 is 2.25 bits per heavy atom. The van der Waals surface area contributed by atoms with Crippen LogP contribution in [0.3, 0.4) is 0 Å². The molecule has 0 heterocycles. The molecule has 0 amide bonds. The van der Waals surface area contributed by atoms with E-state index in [4.69, 9.17) is 12.2 Å². The predicted molar refractivity (Wildman–Crippen MR) is 71.6 cm³/mol. The lowest BCUT2D eigenvalue weighted by Crippen LogP contribution is -2.28. The Morgan fingerprint density at radius 3 is 2.88 bits per heavy atom. The second-order valence-electron chi connectivity index (χ2n) is 3.68. The van der Waals surface area contributed by atoms with Crippen LogP contribution in [0.5, 0.6) is 0 Å². The van der Waals surface area contributed by atoms with Gasteiger partial charge in [0.25, 0.3) is 0 Å². The third-order valence-corrected chi connectivity index (χ3v) is 2.41. The molecule has 0 saturated heterocycles. The molecule has 0 saturated carbocycles. The molecule has 3 nitrogen and oxygen atoms in total. The van der Waals surface area contributed by atoms with E-state index in [1.165, 1.54) is 0 Å². The van der Waals surface area contributed by atoms with E-state index in [0.717, 1.165) is 24.2 Å². The number of aliphatic hydroxyl groups excluding tert-OH is 1. The van der Waals surface area contributed by atoms with E-state index < -0.39 is 6.10 Å². The van der Waals surface area contributed by atoms with Crippen molar-refractivity contribution >= 4 is 23.0 Å². The average molecular weight is 238 g/mol. The van der Waals surface area contributed by atoms with Gasteiger partial charge in [-0.3, -0.25) is 0 Å². The first kappa shape index (κ1) is 12.9. The number of aliphatic hydroxyl groups is 1. The van der Waals surface area contributed by atoms with Gasteiger partial charge in [-0.05, 0) is 43.3 Å². The normalized spacial score (nSPS) is 11.9. The van der Waals surface area contributed by atoms with Gasteiger partial charge in [0.2, 0.25) is 0 Å². The summed E-state index contributed by atoms with van der Waals surface area (Å²) in [7, 11) is 0. The van der Waals surface area contributed by atoms with E-state index >= 15 is 0 Å². The summed E-state index contributed by atoms with van der Waals surface area (Å²) in [5.41, 5.74) is 1.77. The van der Waals surface area contributed by atoms with Gasteiger partial charge in [-0.1, -0.05) is 19.1 Å². The highest BCUT2D eigenvalue weighted by atomic mass is 32.1. The van der Waals surface area contributed by atoms with Crippen molar-refractivity contribution < 1.29 is 5.11 Å². The molecule has 3 N–H and O–H groups in total. The minimum Gasteiger partial charge on any atom is -0.389 e. The number of rotatable bonds is 4. The Morgan fingerprint density at radius 1 is 1.50 bits per heavy atom. The number of hydrogen-bond acceptors (Lipinski definition) is 2. The van der Waals surface area contributed by atoms with Gasteiger partial charge in [0.1, 0.15) is 0 Å². The van der Waals surface area contributed by atoms with E-state index in [2.05, 4.69) is 17.6 Å². The Hall–Kier alpha value is -1.13. The second kappa shape index (κ2) is 6.45. The molecule has 0 spiro atoms. The third-order valence-electron chi connectivity index (χ3n) is 2.16. The lowest BCUT2D eigenvalue weighted by Gasteiger charge is -2.11. The Labute approximate surface area is 102 Å². The maximum atomic E-state index is 9.45. The number of anilines is 1. The van der Waals surface area contributed by atoms with Crippen LogP contribution in [0.4, 0.5) is 5.69 Å². The molecular weight excluding hydrogens is 220 g/mol. The number of hydrogen-bond donors (Lipinski definition) is 3. The van der Waals surface area contributed by atoms with Crippen molar-refractivity contribution in [2.75, 3.05) is 11.9 Å². The molecule has 4 heteroatoms. The summed E-state index contributed by atoms with van der Waals surface area (Å²) in [5, 5.41) is 16.2. The molecule has 0 aliphatic carbocycles. The minimum atomic E-state index is -0.459. The second-order valence-corrected chi connectivity index (χ2v) is 4.09. The molecule has 0 aromatic heterocycles. The summed E-state index contributed by atoms with van der Waals surface area (Å²) in [4.78, 5) is 0. The standard InChI is InChI=1S/C12H18N2OS/c1-3-7-13-12(16)14-11-6-4-5-10(8-11)9(2)15/h4-6,8-9,15H,3,7H2,1-2H3,(H2,13,14,16)/t9-/m1/s1. The molecule has 1 aromatic carbocycles. The quantitative estimate of drug-likeness (QED) is 0.705. The lowest BCUT2D eigenvalue weighted by molar-refractivity contribution is 0.199. The fraction of sp³-hybridized carbons (Fsp3) is 0.417. The molecule has 88 valence electrons. The summed E-state index contributed by atoms with van der Waals surface area (Å²) in [6.45, 7) is 4.69. The number of thiocarbonyl (C=S) groups is 1. The SMILES string of the molecule is CCCNC(=S)Nc1cccc([C@@H](C)O)c1. The van der Waals surface area contributed by atoms with Crippen LogP contribution >= 0.6 is 12.2 Å². The maximum Gasteiger partial charge on any atom is 0.170 e. The topological polar surface area (TPSA) is 44.3 Å². The van der Waals surface area contributed by atoms with E-state index in [1.807, 2.05) is 24.3 Å². The Balaban J connectivity index is 2.59. The molecule has 16 heavy (non-hydrogen) atoms. The molecule has 0 aliphatic heterocycles. The molecule has 1 rings (SSSR count). The fourth-order valence-corrected chi connectivity index (χ4v) is 1.51. The Bertz CT molecular complexity index is 353. The molecular formula is C12H18N2OS. The predicted octanol–water partition coefficient (Wildman–Crippen LogP) is 2.44. The Kier molecular flexibility index (Phi) is 5.22. The van der Waals surface area contributed by atoms with E-state index in [1.54, 1.807) is 6.92 Å². The molecule has 0 bridgehead atoms. The van der Waals surface area contributed by atoms with Crippen LogP contribution in [0.25, 0.3) is 0 Å². The summed E-state index contributed by atoms with van der Waals surface area (Å²) >= 11 is 5.13. The smallest absolute Gasteiger partial charge is 0.170 e. The van der Waals surface area contributed by atoms with Crippen molar-refractivity contribution in [1.82, 2.24) is 5.32 Å². The van der Waals surface area contributed by atoms with E-state index in [0.29, 0.717) is 5.11 Å². The molecule has 1 atom stereocenters. The highest BCUT2D eigenvalue weighted by Crippen LogP contribution is 2.16. The van der Waals surface area contributed by atoms with Crippen LogP contribution in [0, 0.1) is 0 Å². The summed E-state index contributed by atoms with van der Waals surface area (Å²) in [6, 6.07) is 7.60. The number of nitrogens with one attached hydrogen (secondary N) is 2. The van der Waals surface area contributed by atoms with Crippen molar-refractivity contribution in [1.29, 1.82) is 0 Å². The van der Waals surface area contributed by atoms with E-state index in [-0.39, 0.29) is 0 Å². The monoisotopic (exact) mass is 238 g/mol. The largest absolute Gasteiger partial charge is 0.389 e. The summed E-state index contributed by atoms with van der Waals surface area (Å²) in [5.74, 6) is 0. The zero-order valence-corrected chi connectivity index (χ0v) is 10.5. The first-order valence-corrected chi connectivity index (χ1v) is 5.87. The van der Waals surface area contributed by atoms with E-state index in [9.17, 15) is 5.11 Å². The molecule has 1 aromatic rings. The van der Waals surface area contributed by atoms with Crippen LogP contribution < -0.4 is 10.6 Å². The lowest BCUT2D eigenvalue weighted by atomic mass is 10.1. The molecule has 0 radical (unpaired) electrons. The van der Waals surface area contributed by atoms with Crippen LogP contribution in [0.1, 0.15) is 31.9 Å². The van der Waals surface area contributed by atoms with Gasteiger partial charge in [-0.15, -0.1) is 0 Å². The third kappa shape index (κ3) is 4.16. The van der Waals surface area contributed by atoms with Gasteiger partial charge in [0.05, 0.1) is 6.10 Å². The van der Waals surface area contributed by atoms with Crippen LogP contribution in [0.15, 0.2) is 24.3 Å². The summed E-state index contributed by atoms with van der Waals surface area (Å²) < 4.78 is 0. The van der Waals surface area contributed by atoms with Gasteiger partial charge in [0, 0.05) is 12.2 Å². The fourth-order valence-electron chi connectivity index (χ4n) is 1.29. The van der Waals surface area contributed by atoms with Gasteiger partial charge < -0.3 is 15.7 Å². The first-order chi connectivity index (χ1) is 7.63. The maximum absolute atomic E-state index is 9.45. The zero-order chi connectivity index (χ0) is 12.0. The first-order valence-electron chi connectivity index (χ1n) is 5.46. The highest BCUT2D eigenvalue weighted by molar-refractivity contribution is 7.80. The van der Waals surface area contributed by atoms with Gasteiger partial charge in [0.15, 0.2) is 5.11 Å². The van der Waals surface area contributed by atoms with Crippen LogP contribution in [0.2, 0.25) is 0 Å². The van der Waals surface area contributed by atoms with Gasteiger partial charge in [-0.25, -0.2) is 0 Å². The highest BCUT2D eigenvalue weighted by Gasteiger charge is 2.02. The zero-order valence-electron chi connectivity index (χ0n) is 9.66. The molecule has 0 fully saturated rings. The molecule has 0 aliphatic rings. The van der Waals surface area contributed by atoms with Crippen LogP contribution in [-0.4, -0.2) is 16.8 Å². The van der Waals surface area contributed by atoms with Crippen molar-refractivity contribution in [3.63, 3.8) is 0 Å². The van der Waals surface area contributed by atoms with Crippen molar-refractivity contribution in [2.24, 2.45) is 0 Å². The van der Waals surface area contributed by atoms with Gasteiger partial charge >= 0.3 is 0 Å². The van der Waals surface area contributed by atoms with Crippen molar-refractivity contribution in [2.45, 2.75) is 26.4 Å². The van der Waals surface area contributed by atoms with Crippen molar-refractivity contribution in [3.05, 3.63) is 29.8 Å². The number of benzene rings is 1. The van der Waals surface area contributed by atoms with Crippen LogP contribution in [-0.2, 0) is 0 Å². The van der Waals surface area contributed by atoms with Crippen molar-refractivity contribution in [3.8, 4) is 0 Å². The van der Waals surface area contributed by atoms with Gasteiger partial charge in [-0.2, -0.15) is 0 Å². The summed E-state index contributed by atoms with van der Waals surface area (Å²) in [6.07, 6.45) is 0.578. The minimum absolute atomic E-state index is 0.459. The average Bonchev–Trinajstić information content (AvgIpc) is 2.26. The molecule has 0 unspecified atom stereocenters.